The predicted molar refractivity (Wildman–Crippen MR) is 158 cm³/mol. The molecule has 4 bridgehead atoms. The Morgan fingerprint density at radius 1 is 0.705 bits per heavy atom. The van der Waals surface area contributed by atoms with Crippen molar-refractivity contribution in [2.75, 3.05) is 27.2 Å². The summed E-state index contributed by atoms with van der Waals surface area (Å²) in [5, 5.41) is 30.0. The number of hydrogen-bond acceptors (Lipinski definition) is 10. The number of rotatable bonds is 4. The van der Waals surface area contributed by atoms with Crippen LogP contribution in [0.3, 0.4) is 0 Å². The summed E-state index contributed by atoms with van der Waals surface area (Å²) in [7, 11) is 4.39. The molecule has 10 atom stereocenters. The zero-order valence-corrected chi connectivity index (χ0v) is 24.8. The summed E-state index contributed by atoms with van der Waals surface area (Å²) < 4.78 is 13.1. The average molecular weight is 597 g/mol. The van der Waals surface area contributed by atoms with Crippen molar-refractivity contribution in [1.29, 1.82) is 0 Å². The number of piperidine rings is 2. The minimum absolute atomic E-state index is 0.272. The summed E-state index contributed by atoms with van der Waals surface area (Å²) in [6.07, 6.45) is 9.81. The van der Waals surface area contributed by atoms with Gasteiger partial charge in [-0.3, -0.25) is 0 Å². The number of hydrogen-bond donors (Lipinski definition) is 2. The topological polar surface area (TPSA) is 109 Å². The van der Waals surface area contributed by atoms with Gasteiger partial charge < -0.3 is 39.2 Å². The van der Waals surface area contributed by atoms with Crippen molar-refractivity contribution in [1.82, 2.24) is 9.80 Å². The Hall–Kier alpha value is -3.44. The molecule has 4 aliphatic heterocycles. The Morgan fingerprint density at radius 2 is 1.16 bits per heavy atom. The highest BCUT2D eigenvalue weighted by molar-refractivity contribution is 5.63. The van der Waals surface area contributed by atoms with Gasteiger partial charge in [-0.05, 0) is 76.1 Å². The van der Waals surface area contributed by atoms with E-state index in [1.54, 1.807) is 0 Å². The highest BCUT2D eigenvalue weighted by atomic mass is 16.7. The SMILES string of the molecule is CN1CC[C@]23c4c5ccc(ON=NOc6ccc7c8c6O[C@H]6[C@@H](O)C=C[C@H]9[C@@H](C7)N(C)CC[C@@]896)c4O[C@H]2[C@@H](O)C=C[C@H]3[C@H]1C5. The van der Waals surface area contributed by atoms with Gasteiger partial charge >= 0.3 is 0 Å². The average Bonchev–Trinajstić information content (AvgIpc) is 3.56. The van der Waals surface area contributed by atoms with Crippen LogP contribution in [0.4, 0.5) is 0 Å². The first-order valence-corrected chi connectivity index (χ1v) is 16.0. The maximum absolute atomic E-state index is 11.0. The van der Waals surface area contributed by atoms with Crippen LogP contribution in [0.2, 0.25) is 0 Å². The van der Waals surface area contributed by atoms with Crippen molar-refractivity contribution in [3.63, 3.8) is 0 Å². The lowest BCUT2D eigenvalue weighted by molar-refractivity contribution is -0.0456. The lowest BCUT2D eigenvalue weighted by Gasteiger charge is -2.56. The van der Waals surface area contributed by atoms with Gasteiger partial charge in [0.05, 0.1) is 10.6 Å². The van der Waals surface area contributed by atoms with Gasteiger partial charge in [-0.15, -0.1) is 0 Å². The minimum Gasteiger partial charge on any atom is -0.482 e. The van der Waals surface area contributed by atoms with Crippen LogP contribution >= 0.6 is 0 Å². The van der Waals surface area contributed by atoms with Crippen LogP contribution in [-0.2, 0) is 23.7 Å². The number of aliphatic hydroxyl groups is 2. The molecule has 0 aromatic heterocycles. The van der Waals surface area contributed by atoms with Crippen molar-refractivity contribution < 1.29 is 29.4 Å². The zero-order valence-electron chi connectivity index (χ0n) is 24.8. The summed E-state index contributed by atoms with van der Waals surface area (Å²) in [4.78, 5) is 16.6. The minimum atomic E-state index is -0.681. The molecule has 2 saturated heterocycles. The Labute approximate surface area is 255 Å². The van der Waals surface area contributed by atoms with Crippen molar-refractivity contribution >= 4 is 0 Å². The van der Waals surface area contributed by atoms with Gasteiger partial charge in [0.1, 0.15) is 24.4 Å². The Morgan fingerprint density at radius 3 is 1.61 bits per heavy atom. The second kappa shape index (κ2) is 8.63. The number of aliphatic hydroxyl groups excluding tert-OH is 2. The van der Waals surface area contributed by atoms with E-state index in [-0.39, 0.29) is 34.9 Å². The smallest absolute Gasteiger partial charge is 0.202 e. The molecule has 228 valence electrons. The van der Waals surface area contributed by atoms with E-state index >= 15 is 0 Å². The molecule has 2 N–H and O–H groups in total. The summed E-state index contributed by atoms with van der Waals surface area (Å²) in [6.45, 7) is 1.91. The summed E-state index contributed by atoms with van der Waals surface area (Å²) in [6, 6.07) is 8.73. The van der Waals surface area contributed by atoms with Crippen molar-refractivity contribution in [3.05, 3.63) is 70.8 Å². The van der Waals surface area contributed by atoms with E-state index in [1.165, 1.54) is 11.1 Å². The van der Waals surface area contributed by atoms with Gasteiger partial charge in [-0.25, -0.2) is 0 Å². The number of nitrogens with zero attached hydrogens (tertiary/aromatic N) is 4. The van der Waals surface area contributed by atoms with Crippen LogP contribution in [0, 0.1) is 11.8 Å². The van der Waals surface area contributed by atoms with Crippen molar-refractivity contribution in [2.24, 2.45) is 22.4 Å². The molecule has 8 aliphatic rings. The predicted octanol–water partition coefficient (Wildman–Crippen LogP) is 3.04. The van der Waals surface area contributed by atoms with Crippen LogP contribution in [0.25, 0.3) is 0 Å². The number of likely N-dealkylation sites (tertiary alicyclic amines) is 2. The summed E-state index contributed by atoms with van der Waals surface area (Å²) in [5.74, 6) is 2.80. The van der Waals surface area contributed by atoms with Gasteiger partial charge in [0, 0.05) is 45.9 Å². The molecule has 2 aromatic rings. The lowest BCUT2D eigenvalue weighted by atomic mass is 9.53. The summed E-state index contributed by atoms with van der Waals surface area (Å²) >= 11 is 0. The lowest BCUT2D eigenvalue weighted by Crippen LogP contribution is -2.64. The molecule has 10 nitrogen and oxygen atoms in total. The molecular weight excluding hydrogens is 560 g/mol. The fraction of sp³-hybridized carbons (Fsp3) is 0.529. The third-order valence-electron chi connectivity index (χ3n) is 12.6. The van der Waals surface area contributed by atoms with Crippen LogP contribution in [-0.4, -0.2) is 83.7 Å². The molecule has 10 heteroatoms. The molecule has 0 unspecified atom stereocenters. The Balaban J connectivity index is 0.959. The molecular formula is C34H36N4O6. The first-order chi connectivity index (χ1) is 21.4. The van der Waals surface area contributed by atoms with E-state index in [4.69, 9.17) is 19.1 Å². The largest absolute Gasteiger partial charge is 0.482 e. The molecule has 2 aromatic carbocycles. The van der Waals surface area contributed by atoms with Crippen LogP contribution in [0.1, 0.15) is 35.1 Å². The zero-order chi connectivity index (χ0) is 29.5. The fourth-order valence-electron chi connectivity index (χ4n) is 10.7. The summed E-state index contributed by atoms with van der Waals surface area (Å²) in [5.41, 5.74) is 4.27. The maximum Gasteiger partial charge on any atom is 0.202 e. The first kappa shape index (κ1) is 25.8. The van der Waals surface area contributed by atoms with Gasteiger partial charge in [-0.2, -0.15) is 0 Å². The fourth-order valence-corrected chi connectivity index (χ4v) is 10.7. The van der Waals surface area contributed by atoms with Gasteiger partial charge in [0.15, 0.2) is 11.5 Å². The maximum atomic E-state index is 11.0. The van der Waals surface area contributed by atoms with E-state index in [0.717, 1.165) is 49.9 Å². The molecule has 0 radical (unpaired) electrons. The molecule has 0 saturated carbocycles. The van der Waals surface area contributed by atoms with Crippen molar-refractivity contribution in [3.8, 4) is 23.0 Å². The standard InChI is InChI=1S/C34H36N4O6/c1-37-13-11-33-19-5-7-23(39)31(33)41-29-25(9-3-17(27(29)33)15-21(19)37)43-35-36-44-26-10-4-18-16-22-20-6-8-24(40)32-34(20,12-14-38(22)2)28(18)30(26)42-32/h3-10,19-24,31-32,39-40H,11-16H2,1-2H3/t19-,20-,21+,22+,23-,24-,31-,32-,33-,34-/m0/s1. The second-order valence-electron chi connectivity index (χ2n) is 14.2. The van der Waals surface area contributed by atoms with Crippen LogP contribution < -0.4 is 19.1 Å². The normalized spacial score (nSPS) is 41.6. The number of benzene rings is 2. The number of likely N-dealkylation sites (N-methyl/N-ethyl adjacent to an activating group) is 2. The third-order valence-corrected chi connectivity index (χ3v) is 12.6. The first-order valence-electron chi connectivity index (χ1n) is 16.0. The van der Waals surface area contributed by atoms with E-state index in [1.807, 2.05) is 24.3 Å². The molecule has 0 amide bonds. The third kappa shape index (κ3) is 2.96. The number of ether oxygens (including phenoxy) is 2. The highest BCUT2D eigenvalue weighted by Gasteiger charge is 2.65. The van der Waals surface area contributed by atoms with Crippen LogP contribution in [0.15, 0.2) is 59.1 Å². The van der Waals surface area contributed by atoms with E-state index in [0.29, 0.717) is 35.1 Å². The van der Waals surface area contributed by atoms with Gasteiger partial charge in [0.25, 0.3) is 0 Å². The molecule has 4 heterocycles. The Kier molecular flexibility index (Phi) is 5.07. The monoisotopic (exact) mass is 596 g/mol. The van der Waals surface area contributed by atoms with Crippen LogP contribution in [0.5, 0.6) is 23.0 Å². The van der Waals surface area contributed by atoms with Gasteiger partial charge in [0.2, 0.25) is 11.5 Å². The molecule has 10 rings (SSSR count). The molecule has 4 aliphatic carbocycles. The van der Waals surface area contributed by atoms with E-state index in [2.05, 4.69) is 58.7 Å². The molecule has 2 fully saturated rings. The van der Waals surface area contributed by atoms with Gasteiger partial charge in [-0.1, -0.05) is 36.4 Å². The molecule has 44 heavy (non-hydrogen) atoms. The van der Waals surface area contributed by atoms with Crippen molar-refractivity contribution in [2.45, 2.75) is 73.0 Å². The van der Waals surface area contributed by atoms with E-state index in [9.17, 15) is 10.2 Å². The molecule has 2 spiro atoms. The quantitative estimate of drug-likeness (QED) is 0.315. The second-order valence-corrected chi connectivity index (χ2v) is 14.2. The highest BCUT2D eigenvalue weighted by Crippen LogP contribution is 2.64. The Bertz CT molecular complexity index is 1570. The van der Waals surface area contributed by atoms with E-state index < -0.39 is 12.2 Å².